The minimum absolute atomic E-state index is 0.539. The maximum atomic E-state index is 4.19. The Morgan fingerprint density at radius 1 is 1.45 bits per heavy atom. The molecule has 0 amide bonds. The van der Waals surface area contributed by atoms with Gasteiger partial charge in [-0.05, 0) is 52.1 Å². The number of aromatic nitrogens is 3. The molecule has 1 saturated heterocycles. The minimum atomic E-state index is 0.539. The summed E-state index contributed by atoms with van der Waals surface area (Å²) in [5.41, 5.74) is 0. The first kappa shape index (κ1) is 15.4. The lowest BCUT2D eigenvalue weighted by Gasteiger charge is -2.36. The molecule has 1 fully saturated rings. The van der Waals surface area contributed by atoms with E-state index in [0.29, 0.717) is 6.04 Å². The van der Waals surface area contributed by atoms with Crippen molar-refractivity contribution in [2.75, 3.05) is 19.6 Å². The fraction of sp³-hybridized carbons (Fsp3) is 0.867. The molecule has 2 unspecified atom stereocenters. The zero-order valence-corrected chi connectivity index (χ0v) is 13.2. The maximum absolute atomic E-state index is 4.19. The van der Waals surface area contributed by atoms with Crippen molar-refractivity contribution < 1.29 is 0 Å². The Kier molecular flexibility index (Phi) is 5.98. The van der Waals surface area contributed by atoms with Gasteiger partial charge in [0, 0.05) is 19.1 Å². The van der Waals surface area contributed by atoms with Gasteiger partial charge in [0.15, 0.2) is 0 Å². The average Bonchev–Trinajstić information content (AvgIpc) is 2.93. The summed E-state index contributed by atoms with van der Waals surface area (Å²) in [5, 5.41) is 11.8. The second kappa shape index (κ2) is 7.74. The van der Waals surface area contributed by atoms with E-state index in [2.05, 4.69) is 45.8 Å². The molecule has 2 atom stereocenters. The second-order valence-electron chi connectivity index (χ2n) is 5.91. The molecule has 5 nitrogen and oxygen atoms in total. The van der Waals surface area contributed by atoms with Gasteiger partial charge in [-0.15, -0.1) is 10.2 Å². The van der Waals surface area contributed by atoms with Crippen LogP contribution < -0.4 is 5.32 Å². The summed E-state index contributed by atoms with van der Waals surface area (Å²) < 4.78 is 2.10. The quantitative estimate of drug-likeness (QED) is 0.828. The summed E-state index contributed by atoms with van der Waals surface area (Å²) >= 11 is 0. The van der Waals surface area contributed by atoms with Crippen LogP contribution in [0.5, 0.6) is 0 Å². The average molecular weight is 279 g/mol. The Labute approximate surface area is 122 Å². The molecule has 0 radical (unpaired) electrons. The molecule has 5 heteroatoms. The molecule has 0 aliphatic carbocycles. The first-order chi connectivity index (χ1) is 9.74. The van der Waals surface area contributed by atoms with Crippen molar-refractivity contribution in [3.05, 3.63) is 12.2 Å². The molecular weight excluding hydrogens is 250 g/mol. The largest absolute Gasteiger partial charge is 0.317 e. The molecule has 2 heterocycles. The number of rotatable bonds is 7. The molecule has 2 rings (SSSR count). The summed E-state index contributed by atoms with van der Waals surface area (Å²) in [5.74, 6) is 1.80. The van der Waals surface area contributed by atoms with E-state index in [1.54, 1.807) is 0 Å². The molecular formula is C15H29N5. The van der Waals surface area contributed by atoms with E-state index in [9.17, 15) is 0 Å². The SMILES string of the molecule is CCCN1CCCC(C(C)NCc2nncn2CC)C1. The summed E-state index contributed by atoms with van der Waals surface area (Å²) in [7, 11) is 0. The number of nitrogens with one attached hydrogen (secondary N) is 1. The van der Waals surface area contributed by atoms with E-state index in [4.69, 9.17) is 0 Å². The van der Waals surface area contributed by atoms with Gasteiger partial charge in [-0.25, -0.2) is 0 Å². The maximum Gasteiger partial charge on any atom is 0.146 e. The molecule has 1 aromatic rings. The Balaban J connectivity index is 1.80. The van der Waals surface area contributed by atoms with Gasteiger partial charge < -0.3 is 14.8 Å². The third-order valence-electron chi connectivity index (χ3n) is 4.41. The van der Waals surface area contributed by atoms with Crippen molar-refractivity contribution in [3.63, 3.8) is 0 Å². The Hall–Kier alpha value is -0.940. The number of aryl methyl sites for hydroxylation is 1. The molecule has 1 aliphatic rings. The van der Waals surface area contributed by atoms with Gasteiger partial charge in [-0.2, -0.15) is 0 Å². The summed E-state index contributed by atoms with van der Waals surface area (Å²) in [4.78, 5) is 2.61. The number of nitrogens with zero attached hydrogens (tertiary/aromatic N) is 4. The molecule has 0 spiro atoms. The van der Waals surface area contributed by atoms with Crippen molar-refractivity contribution in [1.82, 2.24) is 25.0 Å². The van der Waals surface area contributed by atoms with Gasteiger partial charge in [0.05, 0.1) is 6.54 Å². The molecule has 0 saturated carbocycles. The highest BCUT2D eigenvalue weighted by molar-refractivity contribution is 4.87. The highest BCUT2D eigenvalue weighted by Crippen LogP contribution is 2.20. The molecule has 1 aliphatic heterocycles. The lowest BCUT2D eigenvalue weighted by Crippen LogP contribution is -2.44. The Morgan fingerprint density at radius 2 is 2.30 bits per heavy atom. The van der Waals surface area contributed by atoms with E-state index >= 15 is 0 Å². The highest BCUT2D eigenvalue weighted by Gasteiger charge is 2.24. The van der Waals surface area contributed by atoms with Gasteiger partial charge in [0.2, 0.25) is 0 Å². The standard InChI is InChI=1S/C15H29N5/c1-4-8-19-9-6-7-14(11-19)13(3)16-10-15-18-17-12-20(15)5-2/h12-14,16H,4-11H2,1-3H3. The zero-order chi connectivity index (χ0) is 14.4. The van der Waals surface area contributed by atoms with Crippen LogP contribution in [0.1, 0.15) is 45.9 Å². The fourth-order valence-corrected chi connectivity index (χ4v) is 3.12. The van der Waals surface area contributed by atoms with Gasteiger partial charge in [-0.3, -0.25) is 0 Å². The zero-order valence-electron chi connectivity index (χ0n) is 13.2. The van der Waals surface area contributed by atoms with Crippen LogP contribution in [0.2, 0.25) is 0 Å². The molecule has 1 N–H and O–H groups in total. The third kappa shape index (κ3) is 4.03. The van der Waals surface area contributed by atoms with Crippen molar-refractivity contribution in [2.45, 2.75) is 59.2 Å². The van der Waals surface area contributed by atoms with Crippen LogP contribution in [0.15, 0.2) is 6.33 Å². The van der Waals surface area contributed by atoms with Crippen molar-refractivity contribution >= 4 is 0 Å². The van der Waals surface area contributed by atoms with Crippen LogP contribution >= 0.6 is 0 Å². The summed E-state index contributed by atoms with van der Waals surface area (Å²) in [6.07, 6.45) is 5.75. The van der Waals surface area contributed by atoms with E-state index in [0.717, 1.165) is 24.8 Å². The molecule has 1 aromatic heterocycles. The van der Waals surface area contributed by atoms with Gasteiger partial charge >= 0.3 is 0 Å². The minimum Gasteiger partial charge on any atom is -0.317 e. The lowest BCUT2D eigenvalue weighted by atomic mass is 9.91. The number of piperidine rings is 1. The topological polar surface area (TPSA) is 46.0 Å². The smallest absolute Gasteiger partial charge is 0.146 e. The van der Waals surface area contributed by atoms with Crippen LogP contribution in [-0.4, -0.2) is 45.3 Å². The van der Waals surface area contributed by atoms with E-state index in [1.807, 2.05) is 6.33 Å². The monoisotopic (exact) mass is 279 g/mol. The lowest BCUT2D eigenvalue weighted by molar-refractivity contribution is 0.150. The predicted molar refractivity (Wildman–Crippen MR) is 81.5 cm³/mol. The summed E-state index contributed by atoms with van der Waals surface area (Å²) in [6, 6.07) is 0.539. The van der Waals surface area contributed by atoms with Crippen LogP contribution in [0, 0.1) is 5.92 Å². The fourth-order valence-electron chi connectivity index (χ4n) is 3.12. The predicted octanol–water partition coefficient (Wildman–Crippen LogP) is 1.90. The van der Waals surface area contributed by atoms with E-state index < -0.39 is 0 Å². The van der Waals surface area contributed by atoms with Gasteiger partial charge in [0.25, 0.3) is 0 Å². The highest BCUT2D eigenvalue weighted by atomic mass is 15.3. The Bertz CT molecular complexity index is 387. The summed E-state index contributed by atoms with van der Waals surface area (Å²) in [6.45, 7) is 12.2. The van der Waals surface area contributed by atoms with Crippen molar-refractivity contribution in [3.8, 4) is 0 Å². The third-order valence-corrected chi connectivity index (χ3v) is 4.41. The first-order valence-electron chi connectivity index (χ1n) is 8.07. The van der Waals surface area contributed by atoms with E-state index in [-0.39, 0.29) is 0 Å². The van der Waals surface area contributed by atoms with Crippen LogP contribution in [0.4, 0.5) is 0 Å². The molecule has 20 heavy (non-hydrogen) atoms. The number of hydrogen-bond acceptors (Lipinski definition) is 4. The van der Waals surface area contributed by atoms with Crippen LogP contribution in [-0.2, 0) is 13.1 Å². The van der Waals surface area contributed by atoms with Crippen molar-refractivity contribution in [2.24, 2.45) is 5.92 Å². The number of hydrogen-bond donors (Lipinski definition) is 1. The molecule has 114 valence electrons. The molecule has 0 aromatic carbocycles. The van der Waals surface area contributed by atoms with Gasteiger partial charge in [0.1, 0.15) is 12.2 Å². The van der Waals surface area contributed by atoms with E-state index in [1.165, 1.54) is 38.9 Å². The normalized spacial score (nSPS) is 22.1. The van der Waals surface area contributed by atoms with Crippen LogP contribution in [0.25, 0.3) is 0 Å². The second-order valence-corrected chi connectivity index (χ2v) is 5.91. The first-order valence-corrected chi connectivity index (χ1v) is 8.07. The Morgan fingerprint density at radius 3 is 3.05 bits per heavy atom. The molecule has 0 bridgehead atoms. The van der Waals surface area contributed by atoms with Crippen LogP contribution in [0.3, 0.4) is 0 Å². The van der Waals surface area contributed by atoms with Gasteiger partial charge in [-0.1, -0.05) is 6.92 Å². The number of likely N-dealkylation sites (tertiary alicyclic amines) is 1. The van der Waals surface area contributed by atoms with Crippen molar-refractivity contribution in [1.29, 1.82) is 0 Å².